The van der Waals surface area contributed by atoms with E-state index in [0.717, 1.165) is 44.9 Å². The predicted molar refractivity (Wildman–Crippen MR) is 108 cm³/mol. The lowest BCUT2D eigenvalue weighted by Crippen LogP contribution is -2.45. The van der Waals surface area contributed by atoms with Gasteiger partial charge >= 0.3 is 0 Å². The molecule has 1 fully saturated rings. The second-order valence-corrected chi connectivity index (χ2v) is 6.50. The summed E-state index contributed by atoms with van der Waals surface area (Å²) >= 11 is 0. The molecule has 0 aliphatic carbocycles. The number of rotatable bonds is 5. The molecular formula is C18H30IN3O. The molecule has 0 spiro atoms. The van der Waals surface area contributed by atoms with Gasteiger partial charge in [-0.05, 0) is 45.6 Å². The lowest BCUT2D eigenvalue weighted by atomic mass is 10.0. The Balaban J connectivity index is 0.00000264. The summed E-state index contributed by atoms with van der Waals surface area (Å²) in [5.74, 6) is 0.848. The van der Waals surface area contributed by atoms with Crippen molar-refractivity contribution in [2.45, 2.75) is 45.6 Å². The van der Waals surface area contributed by atoms with Gasteiger partial charge in [0, 0.05) is 26.7 Å². The van der Waals surface area contributed by atoms with Gasteiger partial charge in [-0.1, -0.05) is 29.3 Å². The van der Waals surface area contributed by atoms with Crippen LogP contribution in [0, 0.1) is 13.8 Å². The van der Waals surface area contributed by atoms with E-state index in [-0.39, 0.29) is 29.6 Å². The molecule has 130 valence electrons. The number of ether oxygens (including phenoxy) is 1. The molecule has 0 radical (unpaired) electrons. The minimum absolute atomic E-state index is 0. The highest BCUT2D eigenvalue weighted by Gasteiger charge is 2.29. The first kappa shape index (κ1) is 20.2. The molecule has 0 bridgehead atoms. The maximum Gasteiger partial charge on any atom is 0.191 e. The van der Waals surface area contributed by atoms with Crippen molar-refractivity contribution < 1.29 is 4.74 Å². The van der Waals surface area contributed by atoms with Crippen molar-refractivity contribution >= 4 is 29.9 Å². The third kappa shape index (κ3) is 6.67. The van der Waals surface area contributed by atoms with Gasteiger partial charge < -0.3 is 15.4 Å². The highest BCUT2D eigenvalue weighted by Crippen LogP contribution is 2.23. The van der Waals surface area contributed by atoms with Gasteiger partial charge in [-0.3, -0.25) is 4.99 Å². The molecule has 0 saturated carbocycles. The van der Waals surface area contributed by atoms with E-state index in [1.165, 1.54) is 16.7 Å². The Morgan fingerprint density at radius 1 is 1.22 bits per heavy atom. The van der Waals surface area contributed by atoms with Crippen LogP contribution in [0.2, 0.25) is 0 Å². The Bertz CT molecular complexity index is 505. The minimum Gasteiger partial charge on any atom is -0.373 e. The van der Waals surface area contributed by atoms with Gasteiger partial charge in [0.05, 0.1) is 5.60 Å². The molecule has 1 unspecified atom stereocenters. The summed E-state index contributed by atoms with van der Waals surface area (Å²) in [4.78, 5) is 4.29. The molecule has 4 nitrogen and oxygen atoms in total. The Hall–Kier alpha value is -0.820. The van der Waals surface area contributed by atoms with Crippen molar-refractivity contribution in [3.63, 3.8) is 0 Å². The van der Waals surface area contributed by atoms with Crippen molar-refractivity contribution in [3.05, 3.63) is 34.9 Å². The van der Waals surface area contributed by atoms with Crippen molar-refractivity contribution in [3.8, 4) is 0 Å². The van der Waals surface area contributed by atoms with E-state index in [0.29, 0.717) is 0 Å². The van der Waals surface area contributed by atoms with Gasteiger partial charge in [0.15, 0.2) is 5.96 Å². The molecule has 1 aliphatic rings. The standard InChI is InChI=1S/C18H29N3O.HI/c1-14-10-15(2)12-16(11-14)6-8-20-17(19-4)21-13-18(3)7-5-9-22-18;/h10-12H,5-9,13H2,1-4H3,(H2,19,20,21);1H. The molecular weight excluding hydrogens is 401 g/mol. The second-order valence-electron chi connectivity index (χ2n) is 6.50. The second kappa shape index (κ2) is 9.47. The first-order valence-corrected chi connectivity index (χ1v) is 8.16. The van der Waals surface area contributed by atoms with E-state index in [2.05, 4.69) is 54.6 Å². The molecule has 1 saturated heterocycles. The smallest absolute Gasteiger partial charge is 0.191 e. The summed E-state index contributed by atoms with van der Waals surface area (Å²) in [6.07, 6.45) is 3.26. The summed E-state index contributed by atoms with van der Waals surface area (Å²) in [7, 11) is 1.81. The van der Waals surface area contributed by atoms with Crippen LogP contribution in [0.1, 0.15) is 36.5 Å². The molecule has 1 aromatic carbocycles. The number of halogens is 1. The van der Waals surface area contributed by atoms with Crippen LogP contribution >= 0.6 is 24.0 Å². The van der Waals surface area contributed by atoms with Crippen molar-refractivity contribution in [1.29, 1.82) is 0 Å². The van der Waals surface area contributed by atoms with Crippen LogP contribution in [0.4, 0.5) is 0 Å². The lowest BCUT2D eigenvalue weighted by Gasteiger charge is -2.24. The van der Waals surface area contributed by atoms with Gasteiger partial charge in [0.2, 0.25) is 0 Å². The Labute approximate surface area is 157 Å². The molecule has 5 heteroatoms. The van der Waals surface area contributed by atoms with E-state index in [9.17, 15) is 0 Å². The predicted octanol–water partition coefficient (Wildman–Crippen LogP) is 3.20. The van der Waals surface area contributed by atoms with Gasteiger partial charge in [-0.25, -0.2) is 0 Å². The van der Waals surface area contributed by atoms with Crippen LogP contribution in [0.5, 0.6) is 0 Å². The first-order chi connectivity index (χ1) is 10.5. The van der Waals surface area contributed by atoms with Crippen molar-refractivity contribution in [2.24, 2.45) is 4.99 Å². The molecule has 1 aliphatic heterocycles. The van der Waals surface area contributed by atoms with Crippen LogP contribution in [0.15, 0.2) is 23.2 Å². The zero-order valence-corrected chi connectivity index (χ0v) is 17.1. The Morgan fingerprint density at radius 3 is 2.48 bits per heavy atom. The van der Waals surface area contributed by atoms with E-state index < -0.39 is 0 Å². The van der Waals surface area contributed by atoms with E-state index in [1.54, 1.807) is 0 Å². The monoisotopic (exact) mass is 431 g/mol. The number of aryl methyl sites for hydroxylation is 2. The summed E-state index contributed by atoms with van der Waals surface area (Å²) in [6.45, 7) is 9.00. The summed E-state index contributed by atoms with van der Waals surface area (Å²) in [6, 6.07) is 6.70. The van der Waals surface area contributed by atoms with Gasteiger partial charge in [0.1, 0.15) is 0 Å². The molecule has 1 aromatic rings. The van der Waals surface area contributed by atoms with Crippen molar-refractivity contribution in [1.82, 2.24) is 10.6 Å². The highest BCUT2D eigenvalue weighted by atomic mass is 127. The number of hydrogen-bond acceptors (Lipinski definition) is 2. The quantitative estimate of drug-likeness (QED) is 0.428. The van der Waals surface area contributed by atoms with Crippen LogP contribution in [-0.2, 0) is 11.2 Å². The first-order valence-electron chi connectivity index (χ1n) is 8.16. The fourth-order valence-corrected chi connectivity index (χ4v) is 3.01. The molecule has 0 aromatic heterocycles. The van der Waals surface area contributed by atoms with Gasteiger partial charge in [-0.2, -0.15) is 0 Å². The average Bonchev–Trinajstić information content (AvgIpc) is 2.89. The summed E-state index contributed by atoms with van der Waals surface area (Å²) < 4.78 is 5.79. The topological polar surface area (TPSA) is 45.7 Å². The number of nitrogens with zero attached hydrogens (tertiary/aromatic N) is 1. The minimum atomic E-state index is -0.0503. The average molecular weight is 431 g/mol. The number of benzene rings is 1. The third-order valence-corrected chi connectivity index (χ3v) is 4.14. The van der Waals surface area contributed by atoms with E-state index >= 15 is 0 Å². The van der Waals surface area contributed by atoms with Crippen LogP contribution in [0.25, 0.3) is 0 Å². The molecule has 23 heavy (non-hydrogen) atoms. The van der Waals surface area contributed by atoms with Crippen LogP contribution < -0.4 is 10.6 Å². The SMILES string of the molecule is CN=C(NCCc1cc(C)cc(C)c1)NCC1(C)CCCO1.I. The number of aliphatic imine (C=N–C) groups is 1. The van der Waals surface area contributed by atoms with Crippen LogP contribution in [0.3, 0.4) is 0 Å². The molecule has 2 rings (SSSR count). The normalized spacial score (nSPS) is 21.0. The Kier molecular flexibility index (Phi) is 8.33. The van der Waals surface area contributed by atoms with Gasteiger partial charge in [0.25, 0.3) is 0 Å². The summed E-state index contributed by atoms with van der Waals surface area (Å²) in [5, 5.41) is 6.76. The number of hydrogen-bond donors (Lipinski definition) is 2. The molecule has 2 N–H and O–H groups in total. The zero-order chi connectivity index (χ0) is 16.0. The van der Waals surface area contributed by atoms with E-state index in [4.69, 9.17) is 4.74 Å². The van der Waals surface area contributed by atoms with Gasteiger partial charge in [-0.15, -0.1) is 24.0 Å². The molecule has 1 atom stereocenters. The number of nitrogens with one attached hydrogen (secondary N) is 2. The largest absolute Gasteiger partial charge is 0.373 e. The lowest BCUT2D eigenvalue weighted by molar-refractivity contribution is 0.0243. The number of guanidine groups is 1. The summed E-state index contributed by atoms with van der Waals surface area (Å²) in [5.41, 5.74) is 3.96. The molecule has 1 heterocycles. The highest BCUT2D eigenvalue weighted by molar-refractivity contribution is 14.0. The van der Waals surface area contributed by atoms with E-state index in [1.807, 2.05) is 7.05 Å². The zero-order valence-electron chi connectivity index (χ0n) is 14.7. The third-order valence-electron chi connectivity index (χ3n) is 4.14. The fraction of sp³-hybridized carbons (Fsp3) is 0.611. The maximum absolute atomic E-state index is 5.79. The van der Waals surface area contributed by atoms with Crippen molar-refractivity contribution in [2.75, 3.05) is 26.7 Å². The maximum atomic E-state index is 5.79. The van der Waals surface area contributed by atoms with Crippen LogP contribution in [-0.4, -0.2) is 38.3 Å². The molecule has 0 amide bonds. The Morgan fingerprint density at radius 2 is 1.91 bits per heavy atom. The fourth-order valence-electron chi connectivity index (χ4n) is 3.01.